The van der Waals surface area contributed by atoms with Crippen LogP contribution in [0.3, 0.4) is 0 Å². The number of hydroxylamine groups is 1. The van der Waals surface area contributed by atoms with Crippen LogP contribution in [0.2, 0.25) is 0 Å². The lowest BCUT2D eigenvalue weighted by Crippen LogP contribution is -2.59. The van der Waals surface area contributed by atoms with Crippen LogP contribution in [0.1, 0.15) is 25.7 Å². The molecule has 0 radical (unpaired) electrons. The molecule has 3 fully saturated rings. The molecule has 3 aliphatic rings. The number of likely N-dealkylation sites (tertiary alicyclic amines) is 1. The Morgan fingerprint density at radius 1 is 1.03 bits per heavy atom. The number of nitrogens with zero attached hydrogens (tertiary/aromatic N) is 3. The maximum Gasteiger partial charge on any atom is 0.440 e. The fourth-order valence-electron chi connectivity index (χ4n) is 4.38. The number of nitrogens with one attached hydrogen (secondary N) is 1. The summed E-state index contributed by atoms with van der Waals surface area (Å²) in [5.74, 6) is -0.102. The number of carbonyl (C=O) groups is 3. The number of hydrogen-bond acceptors (Lipinski definition) is 6. The summed E-state index contributed by atoms with van der Waals surface area (Å²) in [4.78, 5) is 42.3. The Morgan fingerprint density at radius 2 is 1.72 bits per heavy atom. The molecule has 29 heavy (non-hydrogen) atoms. The summed E-state index contributed by atoms with van der Waals surface area (Å²) < 4.78 is 4.61. The maximum atomic E-state index is 13.2. The van der Waals surface area contributed by atoms with E-state index < -0.39 is 18.2 Å². The number of para-hydroxylation sites is 1. The highest BCUT2D eigenvalue weighted by atomic mass is 16.6. The van der Waals surface area contributed by atoms with Crippen LogP contribution in [0.25, 0.3) is 0 Å². The topological polar surface area (TPSA) is 102 Å². The molecule has 1 atom stereocenters. The van der Waals surface area contributed by atoms with Gasteiger partial charge in [-0.1, -0.05) is 18.2 Å². The zero-order valence-corrected chi connectivity index (χ0v) is 16.2. The van der Waals surface area contributed by atoms with Crippen LogP contribution in [0.5, 0.6) is 0 Å². The van der Waals surface area contributed by atoms with Gasteiger partial charge in [0.2, 0.25) is 5.91 Å². The minimum Gasteiger partial charge on any atom is -0.368 e. The fraction of sp³-hybridized carbons (Fsp3) is 0.550. The van der Waals surface area contributed by atoms with Gasteiger partial charge < -0.3 is 14.5 Å². The highest BCUT2D eigenvalue weighted by Crippen LogP contribution is 2.53. The van der Waals surface area contributed by atoms with Gasteiger partial charge >= 0.3 is 12.2 Å². The van der Waals surface area contributed by atoms with E-state index in [-0.39, 0.29) is 11.3 Å². The second kappa shape index (κ2) is 7.90. The van der Waals surface area contributed by atoms with Crippen molar-refractivity contribution in [2.24, 2.45) is 5.41 Å². The molecular formula is C20H26N4O5. The molecule has 9 heteroatoms. The largest absolute Gasteiger partial charge is 0.440 e. The second-order valence-corrected chi connectivity index (χ2v) is 8.10. The molecule has 0 bridgehead atoms. The molecule has 3 amide bonds. The van der Waals surface area contributed by atoms with Crippen LogP contribution in [0.15, 0.2) is 30.3 Å². The Balaban J connectivity index is 1.41. The van der Waals surface area contributed by atoms with E-state index in [2.05, 4.69) is 21.8 Å². The zero-order valence-electron chi connectivity index (χ0n) is 16.2. The first-order valence-electron chi connectivity index (χ1n) is 10.0. The summed E-state index contributed by atoms with van der Waals surface area (Å²) in [6.07, 6.45) is 1.35. The molecule has 1 saturated carbocycles. The number of ether oxygens (including phenoxy) is 1. The average Bonchev–Trinajstić information content (AvgIpc) is 3.52. The molecule has 0 aromatic heterocycles. The minimum absolute atomic E-state index is 0.0531. The molecular weight excluding hydrogens is 376 g/mol. The highest BCUT2D eigenvalue weighted by molar-refractivity contribution is 5.89. The van der Waals surface area contributed by atoms with Gasteiger partial charge in [0.25, 0.3) is 0 Å². The molecule has 1 spiro atoms. The van der Waals surface area contributed by atoms with Gasteiger partial charge in [-0.15, -0.1) is 0 Å². The van der Waals surface area contributed by atoms with Gasteiger partial charge in [0, 0.05) is 38.4 Å². The van der Waals surface area contributed by atoms with Crippen molar-refractivity contribution in [3.63, 3.8) is 0 Å². The van der Waals surface area contributed by atoms with Crippen molar-refractivity contribution < 1.29 is 24.3 Å². The third-order valence-corrected chi connectivity index (χ3v) is 6.29. The third kappa shape index (κ3) is 4.14. The summed E-state index contributed by atoms with van der Waals surface area (Å²) in [5, 5.41) is 8.62. The number of piperazine rings is 1. The molecule has 9 nitrogen and oxygen atoms in total. The smallest absolute Gasteiger partial charge is 0.368 e. The molecule has 1 unspecified atom stereocenters. The Morgan fingerprint density at radius 3 is 2.34 bits per heavy atom. The van der Waals surface area contributed by atoms with Gasteiger partial charge in [0.1, 0.15) is 6.04 Å². The van der Waals surface area contributed by atoms with Crippen molar-refractivity contribution in [2.75, 3.05) is 37.6 Å². The molecule has 2 N–H and O–H groups in total. The van der Waals surface area contributed by atoms with Crippen molar-refractivity contribution in [1.82, 2.24) is 15.3 Å². The lowest BCUT2D eigenvalue weighted by Gasteiger charge is -2.42. The molecule has 1 aromatic rings. The van der Waals surface area contributed by atoms with Crippen LogP contribution in [0.4, 0.5) is 15.3 Å². The van der Waals surface area contributed by atoms with Gasteiger partial charge in [-0.2, -0.15) is 0 Å². The lowest BCUT2D eigenvalue weighted by atomic mass is 9.89. The Hall–Kier alpha value is -2.81. The predicted molar refractivity (Wildman–Crippen MR) is 103 cm³/mol. The summed E-state index contributed by atoms with van der Waals surface area (Å²) in [6.45, 7) is 3.02. The minimum atomic E-state index is -1.24. The van der Waals surface area contributed by atoms with E-state index in [1.807, 2.05) is 18.2 Å². The van der Waals surface area contributed by atoms with Crippen molar-refractivity contribution in [2.45, 2.75) is 31.7 Å². The monoisotopic (exact) mass is 402 g/mol. The Kier molecular flexibility index (Phi) is 5.31. The SMILES string of the molecule is O=C(NO)OC(=O)N1CC2(CCC1C(=O)N1CCN(c3ccccc3)CC1)CC2. The number of amides is 3. The molecule has 1 aliphatic carbocycles. The van der Waals surface area contributed by atoms with Crippen molar-refractivity contribution in [3.05, 3.63) is 30.3 Å². The van der Waals surface area contributed by atoms with E-state index in [1.165, 1.54) is 10.4 Å². The van der Waals surface area contributed by atoms with E-state index >= 15 is 0 Å². The standard InChI is InChI=1S/C20H26N4O5/c25-17(23-12-10-22(11-13-23)15-4-2-1-3-5-15)16-6-7-20(8-9-20)14-24(16)19(27)29-18(26)21-28/h1-5,16,28H,6-14H2,(H,21,26). The van der Waals surface area contributed by atoms with Crippen molar-refractivity contribution in [3.8, 4) is 0 Å². The van der Waals surface area contributed by atoms with Crippen LogP contribution in [0, 0.1) is 5.41 Å². The summed E-state index contributed by atoms with van der Waals surface area (Å²) in [5.41, 5.74) is 2.48. The molecule has 2 saturated heterocycles. The van der Waals surface area contributed by atoms with Crippen molar-refractivity contribution in [1.29, 1.82) is 0 Å². The highest BCUT2D eigenvalue weighted by Gasteiger charge is 2.52. The second-order valence-electron chi connectivity index (χ2n) is 8.10. The first kappa shape index (κ1) is 19.5. The molecule has 1 aromatic carbocycles. The van der Waals surface area contributed by atoms with Crippen LogP contribution < -0.4 is 10.4 Å². The van der Waals surface area contributed by atoms with Gasteiger partial charge in [0.05, 0.1) is 0 Å². The van der Waals surface area contributed by atoms with Crippen molar-refractivity contribution >= 4 is 23.8 Å². The van der Waals surface area contributed by atoms with Gasteiger partial charge in [0.15, 0.2) is 0 Å². The van der Waals surface area contributed by atoms with E-state index in [9.17, 15) is 14.4 Å². The van der Waals surface area contributed by atoms with E-state index in [0.717, 1.165) is 38.0 Å². The quantitative estimate of drug-likeness (QED) is 0.444. The molecule has 4 rings (SSSR count). The Bertz CT molecular complexity index is 774. The zero-order chi connectivity index (χ0) is 20.4. The van der Waals surface area contributed by atoms with E-state index in [0.29, 0.717) is 26.1 Å². The number of hydrogen-bond donors (Lipinski definition) is 2. The summed E-state index contributed by atoms with van der Waals surface area (Å²) >= 11 is 0. The number of anilines is 1. The lowest BCUT2D eigenvalue weighted by molar-refractivity contribution is -0.138. The van der Waals surface area contributed by atoms with Gasteiger partial charge in [-0.3, -0.25) is 14.9 Å². The average molecular weight is 402 g/mol. The number of piperidine rings is 1. The third-order valence-electron chi connectivity index (χ3n) is 6.29. The summed E-state index contributed by atoms with van der Waals surface area (Å²) in [6, 6.07) is 9.44. The van der Waals surface area contributed by atoms with E-state index in [1.54, 1.807) is 4.90 Å². The van der Waals surface area contributed by atoms with Gasteiger partial charge in [-0.05, 0) is 43.2 Å². The maximum absolute atomic E-state index is 13.2. The number of carbonyl (C=O) groups excluding carboxylic acids is 3. The molecule has 156 valence electrons. The first-order valence-corrected chi connectivity index (χ1v) is 10.0. The van der Waals surface area contributed by atoms with Gasteiger partial charge in [-0.25, -0.2) is 15.1 Å². The first-order chi connectivity index (χ1) is 14.0. The van der Waals surface area contributed by atoms with Crippen LogP contribution in [-0.4, -0.2) is 71.9 Å². The fourth-order valence-corrected chi connectivity index (χ4v) is 4.38. The van der Waals surface area contributed by atoms with Crippen LogP contribution in [-0.2, 0) is 9.53 Å². The van der Waals surface area contributed by atoms with Crippen LogP contribution >= 0.6 is 0 Å². The predicted octanol–water partition coefficient (Wildman–Crippen LogP) is 1.82. The molecule has 2 aliphatic heterocycles. The Labute approximate surface area is 169 Å². The summed E-state index contributed by atoms with van der Waals surface area (Å²) in [7, 11) is 0. The molecule has 2 heterocycles. The number of benzene rings is 1. The normalized spacial score (nSPS) is 22.9. The number of rotatable bonds is 2. The van der Waals surface area contributed by atoms with E-state index in [4.69, 9.17) is 5.21 Å².